The van der Waals surface area contributed by atoms with E-state index >= 15 is 0 Å². The first-order chi connectivity index (χ1) is 6.25. The lowest BCUT2D eigenvalue weighted by Gasteiger charge is -2.19. The van der Waals surface area contributed by atoms with Gasteiger partial charge in [-0.05, 0) is 25.2 Å². The van der Waals surface area contributed by atoms with E-state index in [1.54, 1.807) is 0 Å². The van der Waals surface area contributed by atoms with Crippen LogP contribution in [0.1, 0.15) is 38.5 Å². The normalized spacial score (nSPS) is 29.2. The minimum absolute atomic E-state index is 0.125. The molecule has 1 fully saturated rings. The third-order valence-corrected chi connectivity index (χ3v) is 2.95. The van der Waals surface area contributed by atoms with Crippen molar-refractivity contribution in [2.45, 2.75) is 38.5 Å². The van der Waals surface area contributed by atoms with Crippen LogP contribution in [-0.4, -0.2) is 11.1 Å². The Balaban J connectivity index is 2.60. The quantitative estimate of drug-likeness (QED) is 0.538. The summed E-state index contributed by atoms with van der Waals surface area (Å²) in [4.78, 5) is 11.0. The van der Waals surface area contributed by atoms with Crippen LogP contribution in [0.15, 0.2) is 12.7 Å². The first-order valence-electron chi connectivity index (χ1n) is 5.09. The highest BCUT2D eigenvalue weighted by Crippen LogP contribution is 2.31. The van der Waals surface area contributed by atoms with Gasteiger partial charge >= 0.3 is 5.97 Å². The molecule has 74 valence electrons. The minimum atomic E-state index is -0.617. The Morgan fingerprint density at radius 2 is 2.08 bits per heavy atom. The predicted molar refractivity (Wildman–Crippen MR) is 52.5 cm³/mol. The SMILES string of the molecule is C=CCC1CCCCCC1C(=O)O. The number of hydrogen-bond donors (Lipinski definition) is 1. The van der Waals surface area contributed by atoms with Crippen LogP contribution < -0.4 is 0 Å². The van der Waals surface area contributed by atoms with Gasteiger partial charge in [0.25, 0.3) is 0 Å². The molecular formula is C11H18O2. The summed E-state index contributed by atoms with van der Waals surface area (Å²) < 4.78 is 0. The van der Waals surface area contributed by atoms with E-state index in [0.717, 1.165) is 25.7 Å². The van der Waals surface area contributed by atoms with Gasteiger partial charge in [-0.2, -0.15) is 0 Å². The van der Waals surface area contributed by atoms with Gasteiger partial charge in [-0.15, -0.1) is 6.58 Å². The second-order valence-electron chi connectivity index (χ2n) is 3.87. The number of carbonyl (C=O) groups is 1. The average molecular weight is 182 g/mol. The van der Waals surface area contributed by atoms with Gasteiger partial charge in [0, 0.05) is 0 Å². The third kappa shape index (κ3) is 2.87. The van der Waals surface area contributed by atoms with Crippen molar-refractivity contribution in [3.05, 3.63) is 12.7 Å². The summed E-state index contributed by atoms with van der Waals surface area (Å²) in [5, 5.41) is 9.03. The van der Waals surface area contributed by atoms with E-state index in [2.05, 4.69) is 6.58 Å². The molecule has 0 aromatic carbocycles. The Labute approximate surface area is 79.6 Å². The van der Waals surface area contributed by atoms with Gasteiger partial charge in [0.15, 0.2) is 0 Å². The number of aliphatic carboxylic acids is 1. The Kier molecular flexibility index (Phi) is 4.00. The number of carboxylic acid groups (broad SMARTS) is 1. The van der Waals surface area contributed by atoms with Crippen molar-refractivity contribution >= 4 is 5.97 Å². The molecule has 1 saturated carbocycles. The molecule has 0 radical (unpaired) electrons. The second kappa shape index (κ2) is 5.05. The molecule has 1 N–H and O–H groups in total. The highest BCUT2D eigenvalue weighted by Gasteiger charge is 2.28. The molecule has 1 rings (SSSR count). The van der Waals surface area contributed by atoms with E-state index < -0.39 is 5.97 Å². The van der Waals surface area contributed by atoms with Crippen LogP contribution >= 0.6 is 0 Å². The van der Waals surface area contributed by atoms with Crippen LogP contribution in [0.3, 0.4) is 0 Å². The summed E-state index contributed by atoms with van der Waals surface area (Å²) in [5.74, 6) is -0.410. The molecular weight excluding hydrogens is 164 g/mol. The minimum Gasteiger partial charge on any atom is -0.481 e. The first-order valence-corrected chi connectivity index (χ1v) is 5.09. The molecule has 0 aromatic rings. The molecule has 0 spiro atoms. The fourth-order valence-corrected chi connectivity index (χ4v) is 2.21. The van der Waals surface area contributed by atoms with E-state index in [4.69, 9.17) is 5.11 Å². The van der Waals surface area contributed by atoms with Crippen molar-refractivity contribution in [1.82, 2.24) is 0 Å². The molecule has 2 heteroatoms. The van der Waals surface area contributed by atoms with E-state index in [1.807, 2.05) is 6.08 Å². The summed E-state index contributed by atoms with van der Waals surface area (Å²) in [6, 6.07) is 0. The Bertz CT molecular complexity index is 187. The fraction of sp³-hybridized carbons (Fsp3) is 0.727. The van der Waals surface area contributed by atoms with Crippen molar-refractivity contribution in [1.29, 1.82) is 0 Å². The van der Waals surface area contributed by atoms with Crippen molar-refractivity contribution in [3.63, 3.8) is 0 Å². The van der Waals surface area contributed by atoms with E-state index in [9.17, 15) is 4.79 Å². The van der Waals surface area contributed by atoms with Gasteiger partial charge in [-0.3, -0.25) is 4.79 Å². The smallest absolute Gasteiger partial charge is 0.306 e. The summed E-state index contributed by atoms with van der Waals surface area (Å²) in [6.45, 7) is 3.69. The number of carboxylic acids is 1. The molecule has 0 saturated heterocycles. The van der Waals surface area contributed by atoms with Gasteiger partial charge in [-0.1, -0.05) is 25.3 Å². The topological polar surface area (TPSA) is 37.3 Å². The zero-order valence-electron chi connectivity index (χ0n) is 8.04. The van der Waals surface area contributed by atoms with E-state index in [1.165, 1.54) is 12.8 Å². The summed E-state index contributed by atoms with van der Waals surface area (Å²) in [7, 11) is 0. The van der Waals surface area contributed by atoms with E-state index in [-0.39, 0.29) is 5.92 Å². The number of hydrogen-bond acceptors (Lipinski definition) is 1. The maximum absolute atomic E-state index is 11.0. The Morgan fingerprint density at radius 3 is 2.69 bits per heavy atom. The van der Waals surface area contributed by atoms with Crippen molar-refractivity contribution in [2.75, 3.05) is 0 Å². The number of rotatable bonds is 3. The van der Waals surface area contributed by atoms with Crippen LogP contribution in [0.4, 0.5) is 0 Å². The summed E-state index contributed by atoms with van der Waals surface area (Å²) in [5.41, 5.74) is 0. The van der Waals surface area contributed by atoms with Crippen LogP contribution in [0.2, 0.25) is 0 Å². The van der Waals surface area contributed by atoms with Crippen molar-refractivity contribution in [2.24, 2.45) is 11.8 Å². The maximum atomic E-state index is 11.0. The Hall–Kier alpha value is -0.790. The van der Waals surface area contributed by atoms with Gasteiger partial charge < -0.3 is 5.11 Å². The zero-order valence-corrected chi connectivity index (χ0v) is 8.04. The molecule has 2 unspecified atom stereocenters. The van der Waals surface area contributed by atoms with Crippen LogP contribution in [0.25, 0.3) is 0 Å². The van der Waals surface area contributed by atoms with Gasteiger partial charge in [0.2, 0.25) is 0 Å². The molecule has 0 amide bonds. The van der Waals surface area contributed by atoms with Crippen LogP contribution in [0.5, 0.6) is 0 Å². The Morgan fingerprint density at radius 1 is 1.38 bits per heavy atom. The molecule has 1 aliphatic rings. The van der Waals surface area contributed by atoms with Crippen molar-refractivity contribution < 1.29 is 9.90 Å². The molecule has 13 heavy (non-hydrogen) atoms. The highest BCUT2D eigenvalue weighted by molar-refractivity contribution is 5.70. The predicted octanol–water partition coefficient (Wildman–Crippen LogP) is 2.84. The second-order valence-corrected chi connectivity index (χ2v) is 3.87. The van der Waals surface area contributed by atoms with Gasteiger partial charge in [0.05, 0.1) is 5.92 Å². The lowest BCUT2D eigenvalue weighted by molar-refractivity contribution is -0.143. The van der Waals surface area contributed by atoms with Gasteiger partial charge in [0.1, 0.15) is 0 Å². The van der Waals surface area contributed by atoms with E-state index in [0.29, 0.717) is 5.92 Å². The molecule has 1 aliphatic carbocycles. The van der Waals surface area contributed by atoms with Gasteiger partial charge in [-0.25, -0.2) is 0 Å². The standard InChI is InChI=1S/C11H18O2/c1-2-6-9-7-4-3-5-8-10(9)11(12)13/h2,9-10H,1,3-8H2,(H,12,13). The number of allylic oxidation sites excluding steroid dienone is 1. The fourth-order valence-electron chi connectivity index (χ4n) is 2.21. The lowest BCUT2D eigenvalue weighted by atomic mass is 9.85. The molecule has 2 atom stereocenters. The monoisotopic (exact) mass is 182 g/mol. The maximum Gasteiger partial charge on any atom is 0.306 e. The molecule has 0 bridgehead atoms. The first kappa shape index (κ1) is 10.3. The molecule has 0 aromatic heterocycles. The average Bonchev–Trinajstić information content (AvgIpc) is 2.30. The summed E-state index contributed by atoms with van der Waals surface area (Å²) in [6.07, 6.45) is 8.07. The largest absolute Gasteiger partial charge is 0.481 e. The summed E-state index contributed by atoms with van der Waals surface area (Å²) >= 11 is 0. The van der Waals surface area contributed by atoms with Crippen LogP contribution in [-0.2, 0) is 4.79 Å². The zero-order chi connectivity index (χ0) is 9.68. The molecule has 0 heterocycles. The third-order valence-electron chi connectivity index (χ3n) is 2.95. The lowest BCUT2D eigenvalue weighted by Crippen LogP contribution is -2.22. The van der Waals surface area contributed by atoms with Crippen molar-refractivity contribution in [3.8, 4) is 0 Å². The molecule has 0 aliphatic heterocycles. The molecule has 2 nitrogen and oxygen atoms in total. The highest BCUT2D eigenvalue weighted by atomic mass is 16.4. The van der Waals surface area contributed by atoms with Crippen LogP contribution in [0, 0.1) is 11.8 Å².